The van der Waals surface area contributed by atoms with Crippen molar-refractivity contribution in [2.75, 3.05) is 0 Å². The molecule has 0 aromatic heterocycles. The molecule has 3 heteroatoms. The van der Waals surface area contributed by atoms with Crippen LogP contribution >= 0.6 is 0 Å². The Morgan fingerprint density at radius 2 is 1.56 bits per heavy atom. The Labute approximate surface area is 114 Å². The largest absolute Gasteiger partial charge is 0.242 e. The summed E-state index contributed by atoms with van der Waals surface area (Å²) in [6, 6.07) is 10.2. The second-order valence-corrected chi connectivity index (χ2v) is 8.17. The molecule has 2 nitrogen and oxygen atoms in total. The predicted octanol–water partition coefficient (Wildman–Crippen LogP) is 3.61. The lowest BCUT2D eigenvalue weighted by Gasteiger charge is -2.37. The standard InChI is InChI=1S/C15H25NOS/c1-12(2)15(6,13-10-8-7-9-11-13)16-18(17)14(3,4)5/h7-12,16H,1-6H3/t15-,18?/m1/s1. The summed E-state index contributed by atoms with van der Waals surface area (Å²) in [5.41, 5.74) is 0.900. The predicted molar refractivity (Wildman–Crippen MR) is 79.7 cm³/mol. The molecule has 1 unspecified atom stereocenters. The van der Waals surface area contributed by atoms with Gasteiger partial charge in [-0.05, 0) is 39.2 Å². The van der Waals surface area contributed by atoms with Crippen molar-refractivity contribution in [2.24, 2.45) is 5.92 Å². The second kappa shape index (κ2) is 5.54. The molecule has 0 aliphatic rings. The molecule has 0 saturated heterocycles. The van der Waals surface area contributed by atoms with Gasteiger partial charge in [-0.25, -0.2) is 8.93 Å². The Kier molecular flexibility index (Phi) is 4.73. The van der Waals surface area contributed by atoms with Crippen LogP contribution in [0.15, 0.2) is 30.3 Å². The van der Waals surface area contributed by atoms with Crippen LogP contribution in [-0.2, 0) is 16.5 Å². The van der Waals surface area contributed by atoms with Gasteiger partial charge in [0.25, 0.3) is 0 Å². The number of rotatable bonds is 4. The van der Waals surface area contributed by atoms with Gasteiger partial charge in [-0.1, -0.05) is 44.2 Å². The van der Waals surface area contributed by atoms with E-state index in [0.29, 0.717) is 5.92 Å². The van der Waals surface area contributed by atoms with Gasteiger partial charge >= 0.3 is 0 Å². The Morgan fingerprint density at radius 3 is 1.94 bits per heavy atom. The van der Waals surface area contributed by atoms with Gasteiger partial charge in [0.15, 0.2) is 0 Å². The molecule has 0 aliphatic heterocycles. The van der Waals surface area contributed by atoms with Crippen molar-refractivity contribution < 1.29 is 4.21 Å². The van der Waals surface area contributed by atoms with Crippen LogP contribution in [0.1, 0.15) is 47.1 Å². The maximum atomic E-state index is 12.4. The highest BCUT2D eigenvalue weighted by Gasteiger charge is 2.34. The topological polar surface area (TPSA) is 29.1 Å². The van der Waals surface area contributed by atoms with Crippen molar-refractivity contribution in [3.63, 3.8) is 0 Å². The smallest absolute Gasteiger partial charge is 0.0978 e. The number of nitrogens with one attached hydrogen (secondary N) is 1. The maximum Gasteiger partial charge on any atom is 0.0978 e. The van der Waals surface area contributed by atoms with Crippen LogP contribution in [0.5, 0.6) is 0 Å². The van der Waals surface area contributed by atoms with Crippen molar-refractivity contribution in [3.05, 3.63) is 35.9 Å². The first-order chi connectivity index (χ1) is 8.18. The van der Waals surface area contributed by atoms with Crippen molar-refractivity contribution in [1.29, 1.82) is 0 Å². The van der Waals surface area contributed by atoms with Crippen molar-refractivity contribution in [2.45, 2.75) is 51.8 Å². The molecule has 0 saturated carbocycles. The van der Waals surface area contributed by atoms with E-state index in [-0.39, 0.29) is 10.3 Å². The van der Waals surface area contributed by atoms with Gasteiger partial charge in [-0.15, -0.1) is 0 Å². The van der Waals surface area contributed by atoms with E-state index < -0.39 is 11.0 Å². The first kappa shape index (κ1) is 15.4. The third kappa shape index (κ3) is 3.42. The summed E-state index contributed by atoms with van der Waals surface area (Å²) in [4.78, 5) is 0. The molecule has 0 bridgehead atoms. The van der Waals surface area contributed by atoms with E-state index in [1.165, 1.54) is 5.56 Å². The van der Waals surface area contributed by atoms with E-state index in [9.17, 15) is 4.21 Å². The van der Waals surface area contributed by atoms with Crippen LogP contribution in [-0.4, -0.2) is 8.96 Å². The molecule has 0 spiro atoms. The van der Waals surface area contributed by atoms with E-state index in [0.717, 1.165) is 0 Å². The van der Waals surface area contributed by atoms with Crippen LogP contribution in [0, 0.1) is 5.92 Å². The minimum atomic E-state index is -1.08. The summed E-state index contributed by atoms with van der Waals surface area (Å²) in [5, 5.41) is 0. The van der Waals surface area contributed by atoms with Crippen LogP contribution in [0.4, 0.5) is 0 Å². The lowest BCUT2D eigenvalue weighted by molar-refractivity contribution is 0.317. The van der Waals surface area contributed by atoms with Gasteiger partial charge in [0.05, 0.1) is 21.3 Å². The highest BCUT2D eigenvalue weighted by molar-refractivity contribution is 7.84. The Morgan fingerprint density at radius 1 is 1.06 bits per heavy atom. The molecular weight excluding hydrogens is 242 g/mol. The quantitative estimate of drug-likeness (QED) is 0.887. The third-order valence-corrected chi connectivity index (χ3v) is 5.11. The number of hydrogen-bond donors (Lipinski definition) is 1. The van der Waals surface area contributed by atoms with E-state index >= 15 is 0 Å². The summed E-state index contributed by atoms with van der Waals surface area (Å²) < 4.78 is 15.4. The van der Waals surface area contributed by atoms with Gasteiger partial charge in [0, 0.05) is 0 Å². The zero-order chi connectivity index (χ0) is 14.0. The highest BCUT2D eigenvalue weighted by atomic mass is 32.2. The molecule has 0 radical (unpaired) electrons. The van der Waals surface area contributed by atoms with Gasteiger partial charge in [0.1, 0.15) is 0 Å². The van der Waals surface area contributed by atoms with Crippen molar-refractivity contribution in [1.82, 2.24) is 4.72 Å². The number of benzene rings is 1. The van der Waals surface area contributed by atoms with E-state index in [1.807, 2.05) is 39.0 Å². The molecule has 0 fully saturated rings. The number of hydrogen-bond acceptors (Lipinski definition) is 1. The first-order valence-corrected chi connectivity index (χ1v) is 7.58. The maximum absolute atomic E-state index is 12.4. The average Bonchev–Trinajstić information content (AvgIpc) is 2.28. The van der Waals surface area contributed by atoms with Gasteiger partial charge in [-0.3, -0.25) is 0 Å². The van der Waals surface area contributed by atoms with Crippen LogP contribution in [0.2, 0.25) is 0 Å². The van der Waals surface area contributed by atoms with E-state index in [1.54, 1.807) is 0 Å². The molecule has 1 N–H and O–H groups in total. The van der Waals surface area contributed by atoms with Crippen LogP contribution in [0.3, 0.4) is 0 Å². The molecule has 1 aromatic rings. The summed E-state index contributed by atoms with van der Waals surface area (Å²) in [6.45, 7) is 12.4. The zero-order valence-corrected chi connectivity index (χ0v) is 13.1. The van der Waals surface area contributed by atoms with Crippen molar-refractivity contribution >= 4 is 11.0 Å². The highest BCUT2D eigenvalue weighted by Crippen LogP contribution is 2.30. The summed E-state index contributed by atoms with van der Waals surface area (Å²) >= 11 is 0. The van der Waals surface area contributed by atoms with Gasteiger partial charge in [-0.2, -0.15) is 0 Å². The van der Waals surface area contributed by atoms with Crippen LogP contribution < -0.4 is 4.72 Å². The Hall–Kier alpha value is -0.670. The fourth-order valence-electron chi connectivity index (χ4n) is 1.64. The molecule has 0 aliphatic carbocycles. The lowest BCUT2D eigenvalue weighted by atomic mass is 9.83. The molecule has 18 heavy (non-hydrogen) atoms. The molecule has 0 amide bonds. The minimum Gasteiger partial charge on any atom is -0.242 e. The SMILES string of the molecule is CC(C)[C@@](C)(NS(=O)C(C)(C)C)c1ccccc1. The summed E-state index contributed by atoms with van der Waals surface area (Å²) in [5.74, 6) is 0.353. The molecule has 1 aromatic carbocycles. The average molecular weight is 267 g/mol. The Bertz CT molecular complexity index is 408. The van der Waals surface area contributed by atoms with Gasteiger partial charge in [0.2, 0.25) is 0 Å². The van der Waals surface area contributed by atoms with Gasteiger partial charge < -0.3 is 0 Å². The van der Waals surface area contributed by atoms with Crippen LogP contribution in [0.25, 0.3) is 0 Å². The van der Waals surface area contributed by atoms with Crippen molar-refractivity contribution in [3.8, 4) is 0 Å². The fraction of sp³-hybridized carbons (Fsp3) is 0.600. The molecule has 102 valence electrons. The Balaban J connectivity index is 3.07. The van der Waals surface area contributed by atoms with E-state index in [4.69, 9.17) is 0 Å². The molecular formula is C15H25NOS. The molecule has 2 atom stereocenters. The first-order valence-electron chi connectivity index (χ1n) is 6.43. The monoisotopic (exact) mass is 267 g/mol. The molecule has 0 heterocycles. The minimum absolute atomic E-state index is 0.259. The summed E-state index contributed by atoms with van der Waals surface area (Å²) in [7, 11) is -1.08. The molecule has 1 rings (SSSR count). The third-order valence-electron chi connectivity index (χ3n) is 3.39. The summed E-state index contributed by atoms with van der Waals surface area (Å²) in [6.07, 6.45) is 0. The zero-order valence-electron chi connectivity index (χ0n) is 12.3. The normalized spacial score (nSPS) is 17.5. The lowest BCUT2D eigenvalue weighted by Crippen LogP contribution is -2.49. The van der Waals surface area contributed by atoms with E-state index in [2.05, 4.69) is 37.6 Å². The fourth-order valence-corrected chi connectivity index (χ4v) is 2.69. The second-order valence-electron chi connectivity index (χ2n) is 6.21.